The first-order chi connectivity index (χ1) is 8.84. The van der Waals surface area contributed by atoms with Gasteiger partial charge < -0.3 is 0 Å². The van der Waals surface area contributed by atoms with Crippen LogP contribution in [-0.4, -0.2) is 17.5 Å². The van der Waals surface area contributed by atoms with Gasteiger partial charge in [0.1, 0.15) is 0 Å². The van der Waals surface area contributed by atoms with E-state index in [2.05, 4.69) is 45.1 Å². The van der Waals surface area contributed by atoms with E-state index < -0.39 is 0 Å². The lowest BCUT2D eigenvalue weighted by atomic mass is 9.93. The van der Waals surface area contributed by atoms with Crippen molar-refractivity contribution >= 4 is 15.9 Å². The Labute approximate surface area is 119 Å². The SMILES string of the molecule is Brc1cccc(C2CCCCN2C2CCCC2)c1. The van der Waals surface area contributed by atoms with Gasteiger partial charge in [-0.2, -0.15) is 0 Å². The van der Waals surface area contributed by atoms with Crippen LogP contribution in [0, 0.1) is 0 Å². The number of nitrogens with zero attached hydrogens (tertiary/aromatic N) is 1. The zero-order chi connectivity index (χ0) is 12.4. The fraction of sp³-hybridized carbons (Fsp3) is 0.625. The lowest BCUT2D eigenvalue weighted by molar-refractivity contribution is 0.0968. The molecule has 0 radical (unpaired) electrons. The van der Waals surface area contributed by atoms with E-state index in [0.29, 0.717) is 6.04 Å². The van der Waals surface area contributed by atoms with E-state index in [1.54, 1.807) is 0 Å². The van der Waals surface area contributed by atoms with Crippen LogP contribution >= 0.6 is 15.9 Å². The van der Waals surface area contributed by atoms with E-state index in [9.17, 15) is 0 Å². The van der Waals surface area contributed by atoms with Crippen LogP contribution in [0.4, 0.5) is 0 Å². The minimum Gasteiger partial charge on any atom is -0.293 e. The second kappa shape index (κ2) is 5.75. The van der Waals surface area contributed by atoms with Gasteiger partial charge in [0.25, 0.3) is 0 Å². The van der Waals surface area contributed by atoms with Crippen LogP contribution in [0.1, 0.15) is 56.6 Å². The molecule has 0 bridgehead atoms. The highest BCUT2D eigenvalue weighted by molar-refractivity contribution is 9.10. The smallest absolute Gasteiger partial charge is 0.0351 e. The van der Waals surface area contributed by atoms with Crippen molar-refractivity contribution in [2.45, 2.75) is 57.0 Å². The number of halogens is 1. The van der Waals surface area contributed by atoms with Crippen LogP contribution in [-0.2, 0) is 0 Å². The molecular formula is C16H22BrN. The van der Waals surface area contributed by atoms with Crippen LogP contribution in [0.3, 0.4) is 0 Å². The lowest BCUT2D eigenvalue weighted by Gasteiger charge is -2.40. The molecule has 98 valence electrons. The zero-order valence-corrected chi connectivity index (χ0v) is 12.5. The van der Waals surface area contributed by atoms with Gasteiger partial charge in [0.2, 0.25) is 0 Å². The highest BCUT2D eigenvalue weighted by Crippen LogP contribution is 2.37. The molecule has 0 N–H and O–H groups in total. The maximum Gasteiger partial charge on any atom is 0.0351 e. The van der Waals surface area contributed by atoms with Gasteiger partial charge in [-0.25, -0.2) is 0 Å². The number of hydrogen-bond acceptors (Lipinski definition) is 1. The normalized spacial score (nSPS) is 26.6. The van der Waals surface area contributed by atoms with Gasteiger partial charge in [0, 0.05) is 16.6 Å². The van der Waals surface area contributed by atoms with Crippen molar-refractivity contribution in [3.8, 4) is 0 Å². The number of likely N-dealkylation sites (tertiary alicyclic amines) is 1. The summed E-state index contributed by atoms with van der Waals surface area (Å²) >= 11 is 3.61. The quantitative estimate of drug-likeness (QED) is 0.749. The zero-order valence-electron chi connectivity index (χ0n) is 10.9. The van der Waals surface area contributed by atoms with Gasteiger partial charge in [0.05, 0.1) is 0 Å². The Hall–Kier alpha value is -0.340. The molecule has 1 heterocycles. The van der Waals surface area contributed by atoms with Crippen LogP contribution < -0.4 is 0 Å². The van der Waals surface area contributed by atoms with Crippen LogP contribution in [0.2, 0.25) is 0 Å². The van der Waals surface area contributed by atoms with E-state index in [0.717, 1.165) is 6.04 Å². The van der Waals surface area contributed by atoms with Crippen molar-refractivity contribution in [1.29, 1.82) is 0 Å². The van der Waals surface area contributed by atoms with E-state index in [1.807, 2.05) is 0 Å². The molecule has 1 nitrogen and oxygen atoms in total. The van der Waals surface area contributed by atoms with Gasteiger partial charge >= 0.3 is 0 Å². The van der Waals surface area contributed by atoms with Crippen molar-refractivity contribution in [1.82, 2.24) is 4.90 Å². The highest BCUT2D eigenvalue weighted by atomic mass is 79.9. The molecule has 2 aliphatic rings. The summed E-state index contributed by atoms with van der Waals surface area (Å²) in [5.41, 5.74) is 1.51. The number of rotatable bonds is 2. The second-order valence-electron chi connectivity index (χ2n) is 5.74. The maximum atomic E-state index is 3.61. The van der Waals surface area contributed by atoms with Gasteiger partial charge in [-0.3, -0.25) is 4.90 Å². The van der Waals surface area contributed by atoms with Gasteiger partial charge in [-0.15, -0.1) is 0 Å². The minimum atomic E-state index is 0.666. The number of piperidine rings is 1. The average molecular weight is 308 g/mol. The molecule has 0 spiro atoms. The van der Waals surface area contributed by atoms with Crippen LogP contribution in [0.25, 0.3) is 0 Å². The molecule has 0 amide bonds. The third kappa shape index (κ3) is 2.65. The predicted molar refractivity (Wildman–Crippen MR) is 79.7 cm³/mol. The summed E-state index contributed by atoms with van der Waals surface area (Å²) < 4.78 is 1.22. The summed E-state index contributed by atoms with van der Waals surface area (Å²) in [6, 6.07) is 10.5. The largest absolute Gasteiger partial charge is 0.293 e. The molecule has 1 aromatic carbocycles. The summed E-state index contributed by atoms with van der Waals surface area (Å²) in [6.45, 7) is 1.31. The minimum absolute atomic E-state index is 0.666. The number of hydrogen-bond donors (Lipinski definition) is 0. The summed E-state index contributed by atoms with van der Waals surface area (Å²) in [7, 11) is 0. The van der Waals surface area contributed by atoms with Crippen LogP contribution in [0.15, 0.2) is 28.7 Å². The molecule has 2 heteroatoms. The van der Waals surface area contributed by atoms with E-state index in [-0.39, 0.29) is 0 Å². The summed E-state index contributed by atoms with van der Waals surface area (Å²) in [4.78, 5) is 2.80. The molecule has 18 heavy (non-hydrogen) atoms. The first kappa shape index (κ1) is 12.7. The van der Waals surface area contributed by atoms with E-state index in [4.69, 9.17) is 0 Å². The molecule has 3 rings (SSSR count). The molecule has 1 aliphatic heterocycles. The molecule has 1 atom stereocenters. The van der Waals surface area contributed by atoms with Crippen molar-refractivity contribution in [3.05, 3.63) is 34.3 Å². The molecule has 1 unspecified atom stereocenters. The van der Waals surface area contributed by atoms with Crippen molar-refractivity contribution in [3.63, 3.8) is 0 Å². The Morgan fingerprint density at radius 2 is 1.78 bits per heavy atom. The predicted octanol–water partition coefficient (Wildman–Crippen LogP) is 4.92. The molecule has 2 fully saturated rings. The van der Waals surface area contributed by atoms with Gasteiger partial charge in [-0.1, -0.05) is 47.3 Å². The fourth-order valence-electron chi connectivity index (χ4n) is 3.70. The Morgan fingerprint density at radius 1 is 1.00 bits per heavy atom. The molecule has 1 saturated carbocycles. The monoisotopic (exact) mass is 307 g/mol. The van der Waals surface area contributed by atoms with E-state index in [1.165, 1.54) is 61.5 Å². The Morgan fingerprint density at radius 3 is 2.56 bits per heavy atom. The maximum absolute atomic E-state index is 3.61. The topological polar surface area (TPSA) is 3.24 Å². The van der Waals surface area contributed by atoms with Crippen molar-refractivity contribution < 1.29 is 0 Å². The van der Waals surface area contributed by atoms with Crippen molar-refractivity contribution in [2.75, 3.05) is 6.54 Å². The van der Waals surface area contributed by atoms with Gasteiger partial charge in [-0.05, 0) is 49.9 Å². The van der Waals surface area contributed by atoms with Crippen LogP contribution in [0.5, 0.6) is 0 Å². The first-order valence-corrected chi connectivity index (χ1v) is 8.15. The molecule has 1 saturated heterocycles. The molecule has 1 aliphatic carbocycles. The Balaban J connectivity index is 1.82. The fourth-order valence-corrected chi connectivity index (χ4v) is 4.12. The number of benzene rings is 1. The lowest BCUT2D eigenvalue weighted by Crippen LogP contribution is -2.40. The van der Waals surface area contributed by atoms with E-state index >= 15 is 0 Å². The average Bonchev–Trinajstić information content (AvgIpc) is 2.92. The van der Waals surface area contributed by atoms with Crippen molar-refractivity contribution in [2.24, 2.45) is 0 Å². The Bertz CT molecular complexity index is 398. The Kier molecular flexibility index (Phi) is 4.05. The summed E-state index contributed by atoms with van der Waals surface area (Å²) in [6.07, 6.45) is 9.84. The second-order valence-corrected chi connectivity index (χ2v) is 6.66. The third-order valence-corrected chi connectivity index (χ3v) is 5.06. The highest BCUT2D eigenvalue weighted by Gasteiger charge is 2.31. The first-order valence-electron chi connectivity index (χ1n) is 7.36. The van der Waals surface area contributed by atoms with Gasteiger partial charge in [0.15, 0.2) is 0 Å². The standard InChI is InChI=1S/C16H22BrN/c17-14-7-5-6-13(12-14)16-10-3-4-11-18(16)15-8-1-2-9-15/h5-7,12,15-16H,1-4,8-11H2. The molecule has 1 aromatic rings. The summed E-state index contributed by atoms with van der Waals surface area (Å²) in [5.74, 6) is 0. The summed E-state index contributed by atoms with van der Waals surface area (Å²) in [5, 5.41) is 0. The molecular weight excluding hydrogens is 286 g/mol. The molecule has 0 aromatic heterocycles. The third-order valence-electron chi connectivity index (χ3n) is 4.57.